The van der Waals surface area contributed by atoms with Gasteiger partial charge in [-0.1, -0.05) is 0 Å². The van der Waals surface area contributed by atoms with Crippen molar-refractivity contribution < 1.29 is 23.5 Å². The van der Waals surface area contributed by atoms with Crippen LogP contribution in [0, 0.1) is 0 Å². The van der Waals surface area contributed by atoms with Gasteiger partial charge in [0.2, 0.25) is 11.6 Å². The van der Waals surface area contributed by atoms with Gasteiger partial charge in [0.25, 0.3) is 11.7 Å². The highest BCUT2D eigenvalue weighted by atomic mass is 16.6. The van der Waals surface area contributed by atoms with Gasteiger partial charge < -0.3 is 9.15 Å². The predicted molar refractivity (Wildman–Crippen MR) is 84.7 cm³/mol. The van der Waals surface area contributed by atoms with Crippen molar-refractivity contribution in [1.82, 2.24) is 15.2 Å². The molecular weight excluding hydrogens is 326 g/mol. The Morgan fingerprint density at radius 3 is 2.52 bits per heavy atom. The van der Waals surface area contributed by atoms with Crippen molar-refractivity contribution in [3.8, 4) is 11.7 Å². The highest BCUT2D eigenvalue weighted by molar-refractivity contribution is 6.42. The Morgan fingerprint density at radius 1 is 1.12 bits per heavy atom. The normalized spacial score (nSPS) is 10.4. The smallest absolute Gasteiger partial charge is 0.290 e. The average molecular weight is 339 g/mol. The lowest BCUT2D eigenvalue weighted by Gasteiger charge is -2.02. The van der Waals surface area contributed by atoms with Gasteiger partial charge in [-0.05, 0) is 37.3 Å². The Morgan fingerprint density at radius 2 is 1.88 bits per heavy atom. The first kappa shape index (κ1) is 16.3. The number of carbonyl (C=O) groups is 3. The molecule has 1 N–H and O–H groups in total. The first-order chi connectivity index (χ1) is 12.0. The molecule has 0 amide bonds. The van der Waals surface area contributed by atoms with Gasteiger partial charge in [-0.3, -0.25) is 19.5 Å². The molecule has 0 unspecified atom stereocenters. The maximum Gasteiger partial charge on any atom is 0.290 e. The number of hydrogen-bond donors (Lipinski definition) is 1. The molecule has 8 heteroatoms. The maximum atomic E-state index is 11.9. The van der Waals surface area contributed by atoms with Crippen molar-refractivity contribution in [1.29, 1.82) is 0 Å². The van der Waals surface area contributed by atoms with Crippen LogP contribution in [-0.2, 0) is 11.2 Å². The summed E-state index contributed by atoms with van der Waals surface area (Å²) in [4.78, 5) is 38.6. The third-order valence-corrected chi connectivity index (χ3v) is 3.32. The second-order valence-electron chi connectivity index (χ2n) is 5.16. The van der Waals surface area contributed by atoms with Crippen LogP contribution in [-0.4, -0.2) is 32.5 Å². The number of H-pyrrole nitrogens is 1. The van der Waals surface area contributed by atoms with E-state index >= 15 is 0 Å². The standard InChI is InChI=1S/C17H13N3O5/c1-10(21)11-2-4-12(5-3-11)24-15-7-6-13(25-15)8-14(22)16(23)17-18-9-19-20-17/h2-7,9H,8H2,1H3,(H,18,19,20). The van der Waals surface area contributed by atoms with Crippen LogP contribution in [0.2, 0.25) is 0 Å². The van der Waals surface area contributed by atoms with E-state index in [1.165, 1.54) is 13.3 Å². The number of nitrogens with one attached hydrogen (secondary N) is 1. The Bertz CT molecular complexity index is 910. The summed E-state index contributed by atoms with van der Waals surface area (Å²) in [5.41, 5.74) is 0.573. The fourth-order valence-corrected chi connectivity index (χ4v) is 2.06. The second-order valence-corrected chi connectivity index (χ2v) is 5.16. The number of benzene rings is 1. The Kier molecular flexibility index (Phi) is 4.51. The van der Waals surface area contributed by atoms with Gasteiger partial charge in [-0.2, -0.15) is 0 Å². The molecule has 0 aliphatic heterocycles. The Balaban J connectivity index is 1.63. The van der Waals surface area contributed by atoms with E-state index in [0.29, 0.717) is 11.3 Å². The molecule has 3 rings (SSSR count). The highest BCUT2D eigenvalue weighted by Gasteiger charge is 2.21. The first-order valence-corrected chi connectivity index (χ1v) is 7.34. The minimum Gasteiger partial charge on any atom is -0.430 e. The number of rotatable bonds is 7. The molecule has 2 heterocycles. The molecule has 126 valence electrons. The molecule has 0 radical (unpaired) electrons. The molecule has 0 fully saturated rings. The lowest BCUT2D eigenvalue weighted by molar-refractivity contribution is -0.114. The summed E-state index contributed by atoms with van der Waals surface area (Å²) in [5, 5.41) is 5.95. The summed E-state index contributed by atoms with van der Waals surface area (Å²) in [5.74, 6) is -0.770. The fraction of sp³-hybridized carbons (Fsp3) is 0.118. The first-order valence-electron chi connectivity index (χ1n) is 7.34. The molecule has 0 atom stereocenters. The van der Waals surface area contributed by atoms with E-state index in [0.717, 1.165) is 0 Å². The summed E-state index contributed by atoms with van der Waals surface area (Å²) in [6, 6.07) is 9.63. The van der Waals surface area contributed by atoms with E-state index in [2.05, 4.69) is 15.2 Å². The second kappa shape index (κ2) is 6.91. The van der Waals surface area contributed by atoms with Gasteiger partial charge >= 0.3 is 0 Å². The molecule has 0 bridgehead atoms. The predicted octanol–water partition coefficient (Wildman–Crippen LogP) is 2.39. The zero-order chi connectivity index (χ0) is 17.8. The summed E-state index contributed by atoms with van der Waals surface area (Å²) < 4.78 is 10.9. The van der Waals surface area contributed by atoms with Crippen LogP contribution in [0.15, 0.2) is 47.1 Å². The Hall–Kier alpha value is -3.55. The Labute approximate surface area is 141 Å². The number of aromatic nitrogens is 3. The summed E-state index contributed by atoms with van der Waals surface area (Å²) >= 11 is 0. The van der Waals surface area contributed by atoms with Gasteiger partial charge in [0.05, 0.1) is 6.42 Å². The van der Waals surface area contributed by atoms with Crippen molar-refractivity contribution in [3.05, 3.63) is 59.9 Å². The van der Waals surface area contributed by atoms with Gasteiger partial charge in [0.1, 0.15) is 17.8 Å². The number of carbonyl (C=O) groups excluding carboxylic acids is 3. The highest BCUT2D eigenvalue weighted by Crippen LogP contribution is 2.24. The number of hydrogen-bond acceptors (Lipinski definition) is 7. The molecule has 0 saturated carbocycles. The molecule has 8 nitrogen and oxygen atoms in total. The third kappa shape index (κ3) is 3.86. The monoisotopic (exact) mass is 339 g/mol. The number of Topliss-reactive ketones (excluding diaryl/α,β-unsaturated/α-hetero) is 3. The van der Waals surface area contributed by atoms with Crippen molar-refractivity contribution in [2.75, 3.05) is 0 Å². The molecule has 0 aliphatic rings. The van der Waals surface area contributed by atoms with Crippen molar-refractivity contribution in [2.45, 2.75) is 13.3 Å². The van der Waals surface area contributed by atoms with Gasteiger partial charge in [-0.25, -0.2) is 4.98 Å². The van der Waals surface area contributed by atoms with E-state index < -0.39 is 11.6 Å². The number of furan rings is 1. The molecule has 1 aromatic carbocycles. The number of aromatic amines is 1. The molecule has 3 aromatic rings. The molecule has 0 aliphatic carbocycles. The van der Waals surface area contributed by atoms with Crippen molar-refractivity contribution >= 4 is 17.3 Å². The topological polar surface area (TPSA) is 115 Å². The minimum atomic E-state index is -0.792. The quantitative estimate of drug-likeness (QED) is 0.519. The third-order valence-electron chi connectivity index (χ3n) is 3.32. The van der Waals surface area contributed by atoms with Gasteiger partial charge in [0, 0.05) is 11.6 Å². The number of ether oxygens (including phenoxy) is 1. The van der Waals surface area contributed by atoms with E-state index in [9.17, 15) is 14.4 Å². The van der Waals surface area contributed by atoms with Crippen LogP contribution in [0.25, 0.3) is 0 Å². The fourth-order valence-electron chi connectivity index (χ4n) is 2.06. The summed E-state index contributed by atoms with van der Waals surface area (Å²) in [6.07, 6.45) is 0.997. The molecule has 0 spiro atoms. The van der Waals surface area contributed by atoms with Crippen molar-refractivity contribution in [2.24, 2.45) is 0 Å². The maximum absolute atomic E-state index is 11.9. The van der Waals surface area contributed by atoms with E-state index in [-0.39, 0.29) is 29.7 Å². The molecule has 25 heavy (non-hydrogen) atoms. The minimum absolute atomic E-state index is 0.0404. The van der Waals surface area contributed by atoms with E-state index in [1.807, 2.05) is 0 Å². The SMILES string of the molecule is CC(=O)c1ccc(Oc2ccc(CC(=O)C(=O)c3nc[nH]n3)o2)cc1. The van der Waals surface area contributed by atoms with Crippen LogP contribution in [0.3, 0.4) is 0 Å². The molecule has 0 saturated heterocycles. The molecule has 2 aromatic heterocycles. The summed E-state index contributed by atoms with van der Waals surface area (Å²) in [7, 11) is 0. The largest absolute Gasteiger partial charge is 0.430 e. The van der Waals surface area contributed by atoms with Crippen LogP contribution in [0.1, 0.15) is 33.7 Å². The average Bonchev–Trinajstić information content (AvgIpc) is 3.27. The number of ketones is 3. The van der Waals surface area contributed by atoms with Gasteiger partial charge in [0.15, 0.2) is 5.78 Å². The zero-order valence-electron chi connectivity index (χ0n) is 13.2. The van der Waals surface area contributed by atoms with Crippen LogP contribution in [0.4, 0.5) is 0 Å². The number of nitrogens with zero attached hydrogens (tertiary/aromatic N) is 2. The lowest BCUT2D eigenvalue weighted by atomic mass is 10.1. The van der Waals surface area contributed by atoms with Gasteiger partial charge in [-0.15, -0.1) is 5.10 Å². The van der Waals surface area contributed by atoms with E-state index in [1.54, 1.807) is 36.4 Å². The van der Waals surface area contributed by atoms with Crippen LogP contribution >= 0.6 is 0 Å². The van der Waals surface area contributed by atoms with Crippen LogP contribution < -0.4 is 4.74 Å². The van der Waals surface area contributed by atoms with Crippen molar-refractivity contribution in [3.63, 3.8) is 0 Å². The van der Waals surface area contributed by atoms with E-state index in [4.69, 9.17) is 9.15 Å². The molecular formula is C17H13N3O5. The van der Waals surface area contributed by atoms with Crippen LogP contribution in [0.5, 0.6) is 11.7 Å². The lowest BCUT2D eigenvalue weighted by Crippen LogP contribution is -2.17. The summed E-state index contributed by atoms with van der Waals surface area (Å²) in [6.45, 7) is 1.48. The zero-order valence-corrected chi connectivity index (χ0v) is 13.2.